The van der Waals surface area contributed by atoms with Crippen LogP contribution >= 0.6 is 23.5 Å². The van der Waals surface area contributed by atoms with Crippen molar-refractivity contribution in [2.45, 2.75) is 30.3 Å². The van der Waals surface area contributed by atoms with Crippen LogP contribution in [0.3, 0.4) is 0 Å². The fourth-order valence-corrected chi connectivity index (χ4v) is 4.96. The van der Waals surface area contributed by atoms with Crippen LogP contribution in [0.15, 0.2) is 0 Å². The Labute approximate surface area is 99.9 Å². The van der Waals surface area contributed by atoms with E-state index in [1.54, 1.807) is 0 Å². The van der Waals surface area contributed by atoms with E-state index >= 15 is 0 Å². The predicted molar refractivity (Wildman–Crippen MR) is 66.7 cm³/mol. The lowest BCUT2D eigenvalue weighted by atomic mass is 9.92. The van der Waals surface area contributed by atoms with Crippen LogP contribution < -0.4 is 0 Å². The van der Waals surface area contributed by atoms with Crippen molar-refractivity contribution in [3.8, 4) is 0 Å². The molecule has 0 amide bonds. The molecule has 2 saturated heterocycles. The van der Waals surface area contributed by atoms with Crippen molar-refractivity contribution in [2.24, 2.45) is 5.92 Å². The van der Waals surface area contributed by atoms with Gasteiger partial charge in [0.2, 0.25) is 0 Å². The summed E-state index contributed by atoms with van der Waals surface area (Å²) in [5.41, 5.74) is 0. The van der Waals surface area contributed by atoms with Gasteiger partial charge in [-0.05, 0) is 12.8 Å². The molecular weight excluding hydrogens is 228 g/mol. The van der Waals surface area contributed by atoms with Crippen molar-refractivity contribution in [1.29, 1.82) is 0 Å². The Bertz CT molecular complexity index is 227. The van der Waals surface area contributed by atoms with Gasteiger partial charge in [-0.1, -0.05) is 6.92 Å². The highest BCUT2D eigenvalue weighted by Gasteiger charge is 2.34. The molecule has 0 aliphatic carbocycles. The molecule has 0 bridgehead atoms. The summed E-state index contributed by atoms with van der Waals surface area (Å²) < 4.78 is 5.30. The van der Waals surface area contributed by atoms with E-state index in [0.29, 0.717) is 11.0 Å². The molecule has 2 aliphatic heterocycles. The van der Waals surface area contributed by atoms with Gasteiger partial charge in [-0.15, -0.1) is 11.8 Å². The largest absolute Gasteiger partial charge is 0.381 e. The summed E-state index contributed by atoms with van der Waals surface area (Å²) in [6.45, 7) is 3.74. The molecule has 0 radical (unpaired) electrons. The Balaban J connectivity index is 1.92. The normalized spacial score (nSPS) is 33.9. The van der Waals surface area contributed by atoms with E-state index in [1.807, 2.05) is 23.5 Å². The number of thioether (sulfide) groups is 2. The van der Waals surface area contributed by atoms with Gasteiger partial charge in [0.1, 0.15) is 5.78 Å². The summed E-state index contributed by atoms with van der Waals surface area (Å²) >= 11 is 3.81. The van der Waals surface area contributed by atoms with E-state index < -0.39 is 0 Å². The molecule has 2 rings (SSSR count). The molecule has 0 N–H and O–H groups in total. The first-order chi connectivity index (χ1) is 7.29. The second kappa shape index (κ2) is 5.60. The lowest BCUT2D eigenvalue weighted by Crippen LogP contribution is -2.37. The Morgan fingerprint density at radius 1 is 1.20 bits per heavy atom. The first kappa shape index (κ1) is 11.8. The van der Waals surface area contributed by atoms with Gasteiger partial charge in [0.05, 0.1) is 5.25 Å². The van der Waals surface area contributed by atoms with Crippen LogP contribution in [0.5, 0.6) is 0 Å². The zero-order chi connectivity index (χ0) is 10.7. The molecule has 4 heteroatoms. The van der Waals surface area contributed by atoms with Gasteiger partial charge in [-0.3, -0.25) is 4.79 Å². The number of carbonyl (C=O) groups excluding carboxylic acids is 1. The maximum absolute atomic E-state index is 12.3. The summed E-state index contributed by atoms with van der Waals surface area (Å²) in [5, 5.41) is 0.742. The van der Waals surface area contributed by atoms with Gasteiger partial charge in [-0.25, -0.2) is 0 Å². The minimum atomic E-state index is 0.242. The minimum Gasteiger partial charge on any atom is -0.381 e. The molecule has 2 heterocycles. The summed E-state index contributed by atoms with van der Waals surface area (Å²) in [6.07, 6.45) is 1.88. The zero-order valence-corrected chi connectivity index (χ0v) is 10.7. The van der Waals surface area contributed by atoms with Crippen LogP contribution in [-0.2, 0) is 9.53 Å². The van der Waals surface area contributed by atoms with Crippen LogP contribution in [0.4, 0.5) is 0 Å². The molecule has 0 aromatic heterocycles. The fraction of sp³-hybridized carbons (Fsp3) is 0.909. The maximum atomic E-state index is 12.3. The van der Waals surface area contributed by atoms with E-state index in [2.05, 4.69) is 6.92 Å². The summed E-state index contributed by atoms with van der Waals surface area (Å²) in [6, 6.07) is 0. The highest BCUT2D eigenvalue weighted by molar-refractivity contribution is 8.07. The van der Waals surface area contributed by atoms with Crippen molar-refractivity contribution >= 4 is 29.3 Å². The van der Waals surface area contributed by atoms with E-state index in [9.17, 15) is 4.79 Å². The van der Waals surface area contributed by atoms with E-state index in [4.69, 9.17) is 4.74 Å². The second-order valence-corrected chi connectivity index (χ2v) is 6.89. The number of hydrogen-bond acceptors (Lipinski definition) is 4. The number of hydrogen-bond donors (Lipinski definition) is 0. The average Bonchev–Trinajstić information content (AvgIpc) is 2.30. The van der Waals surface area contributed by atoms with Crippen LogP contribution in [0.2, 0.25) is 0 Å². The molecule has 2 aliphatic rings. The van der Waals surface area contributed by atoms with Gasteiger partial charge in [0.25, 0.3) is 0 Å². The first-order valence-corrected chi connectivity index (χ1v) is 7.73. The van der Waals surface area contributed by atoms with Gasteiger partial charge in [-0.2, -0.15) is 11.8 Å². The molecule has 0 aromatic rings. The molecule has 15 heavy (non-hydrogen) atoms. The molecule has 86 valence electrons. The third-order valence-corrected chi connectivity index (χ3v) is 6.20. The third kappa shape index (κ3) is 2.92. The van der Waals surface area contributed by atoms with E-state index in [0.717, 1.165) is 31.8 Å². The van der Waals surface area contributed by atoms with Crippen molar-refractivity contribution in [1.82, 2.24) is 0 Å². The maximum Gasteiger partial charge on any atom is 0.150 e. The number of Topliss-reactive ketones (excluding diaryl/α,β-unsaturated/α-hetero) is 1. The minimum absolute atomic E-state index is 0.242. The molecule has 2 fully saturated rings. The van der Waals surface area contributed by atoms with E-state index in [1.165, 1.54) is 5.75 Å². The summed E-state index contributed by atoms with van der Waals surface area (Å²) in [7, 11) is 0. The number of ketones is 1. The fourth-order valence-electron chi connectivity index (χ4n) is 2.16. The molecule has 2 unspecified atom stereocenters. The quantitative estimate of drug-likeness (QED) is 0.746. The Kier molecular flexibility index (Phi) is 4.40. The predicted octanol–water partition coefficient (Wildman–Crippen LogP) is 2.22. The zero-order valence-electron chi connectivity index (χ0n) is 9.11. The lowest BCUT2D eigenvalue weighted by molar-refractivity contribution is -0.125. The average molecular weight is 246 g/mol. The van der Waals surface area contributed by atoms with Gasteiger partial charge in [0.15, 0.2) is 0 Å². The standard InChI is InChI=1S/C11H18O2S2/c1-8-11(15-7-6-14-8)10(12)9-2-4-13-5-3-9/h8-9,11H,2-7H2,1H3. The van der Waals surface area contributed by atoms with E-state index in [-0.39, 0.29) is 11.2 Å². The Morgan fingerprint density at radius 3 is 2.53 bits per heavy atom. The van der Waals surface area contributed by atoms with Gasteiger partial charge in [0, 0.05) is 35.9 Å². The van der Waals surface area contributed by atoms with Crippen LogP contribution in [-0.4, -0.2) is 41.0 Å². The Morgan fingerprint density at radius 2 is 1.87 bits per heavy atom. The lowest BCUT2D eigenvalue weighted by Gasteiger charge is -2.31. The summed E-state index contributed by atoms with van der Waals surface area (Å²) in [4.78, 5) is 12.3. The van der Waals surface area contributed by atoms with Crippen molar-refractivity contribution < 1.29 is 9.53 Å². The molecule has 0 aromatic carbocycles. The summed E-state index contributed by atoms with van der Waals surface area (Å²) in [5.74, 6) is 3.10. The number of rotatable bonds is 2. The molecule has 0 saturated carbocycles. The molecular formula is C11H18O2S2. The molecule has 0 spiro atoms. The number of ether oxygens (including phenoxy) is 1. The van der Waals surface area contributed by atoms with Crippen LogP contribution in [0.25, 0.3) is 0 Å². The highest BCUT2D eigenvalue weighted by Crippen LogP contribution is 2.34. The number of carbonyl (C=O) groups is 1. The van der Waals surface area contributed by atoms with Crippen molar-refractivity contribution in [2.75, 3.05) is 24.7 Å². The van der Waals surface area contributed by atoms with Crippen LogP contribution in [0, 0.1) is 5.92 Å². The third-order valence-electron chi connectivity index (χ3n) is 3.09. The van der Waals surface area contributed by atoms with Gasteiger partial charge < -0.3 is 4.74 Å². The van der Waals surface area contributed by atoms with Gasteiger partial charge >= 0.3 is 0 Å². The highest BCUT2D eigenvalue weighted by atomic mass is 32.2. The monoisotopic (exact) mass is 246 g/mol. The second-order valence-electron chi connectivity index (χ2n) is 4.16. The molecule has 2 atom stereocenters. The van der Waals surface area contributed by atoms with Crippen LogP contribution in [0.1, 0.15) is 19.8 Å². The smallest absolute Gasteiger partial charge is 0.150 e. The SMILES string of the molecule is CC1SCCSC1C(=O)C1CCOCC1. The van der Waals surface area contributed by atoms with Crippen molar-refractivity contribution in [3.05, 3.63) is 0 Å². The van der Waals surface area contributed by atoms with Crippen molar-refractivity contribution in [3.63, 3.8) is 0 Å². The topological polar surface area (TPSA) is 26.3 Å². The Hall–Kier alpha value is 0.330. The first-order valence-electron chi connectivity index (χ1n) is 5.63. The molecule has 2 nitrogen and oxygen atoms in total.